The molecular weight excluding hydrogens is 288 g/mol. The van der Waals surface area contributed by atoms with Gasteiger partial charge in [-0.1, -0.05) is 36.4 Å². The van der Waals surface area contributed by atoms with Crippen molar-refractivity contribution in [1.82, 2.24) is 0 Å². The first-order valence-corrected chi connectivity index (χ1v) is 6.87. The van der Waals surface area contributed by atoms with Gasteiger partial charge in [-0.05, 0) is 23.8 Å². The molecule has 4 nitrogen and oxygen atoms in total. The van der Waals surface area contributed by atoms with E-state index >= 15 is 0 Å². The summed E-state index contributed by atoms with van der Waals surface area (Å²) in [6.07, 6.45) is 0. The van der Waals surface area contributed by atoms with Gasteiger partial charge in [-0.15, -0.1) is 11.6 Å². The van der Waals surface area contributed by atoms with Gasteiger partial charge in [0.15, 0.2) is 0 Å². The normalized spacial score (nSPS) is 11.5. The number of hydrogen-bond donors (Lipinski definition) is 2. The molecule has 0 aliphatic carbocycles. The summed E-state index contributed by atoms with van der Waals surface area (Å²) in [6, 6.07) is 16.0. The lowest BCUT2D eigenvalue weighted by Gasteiger charge is -2.12. The molecule has 0 saturated heterocycles. The Hall–Kier alpha value is -2.33. The molecule has 0 bridgehead atoms. The molecular formula is C16H15ClN2O2. The minimum Gasteiger partial charge on any atom is -0.326 e. The second-order valence-electron chi connectivity index (χ2n) is 4.52. The third kappa shape index (κ3) is 4.33. The monoisotopic (exact) mass is 302 g/mol. The van der Waals surface area contributed by atoms with Crippen molar-refractivity contribution in [2.75, 3.05) is 10.6 Å². The van der Waals surface area contributed by atoms with Crippen LogP contribution >= 0.6 is 11.6 Å². The largest absolute Gasteiger partial charge is 0.326 e. The van der Waals surface area contributed by atoms with Gasteiger partial charge in [-0.2, -0.15) is 0 Å². The molecule has 0 spiro atoms. The molecule has 0 aliphatic heterocycles. The van der Waals surface area contributed by atoms with E-state index < -0.39 is 5.38 Å². The molecule has 2 aromatic rings. The zero-order valence-electron chi connectivity index (χ0n) is 11.5. The summed E-state index contributed by atoms with van der Waals surface area (Å²) in [5.41, 5.74) is 1.92. The summed E-state index contributed by atoms with van der Waals surface area (Å²) in [5.74, 6) is -0.485. The standard InChI is InChI=1S/C16H15ClN2O2/c1-11(20)18-13-8-5-9-14(10-13)19-16(21)15(17)12-6-3-2-4-7-12/h2-10,15H,1H3,(H,18,20)(H,19,21). The van der Waals surface area contributed by atoms with Gasteiger partial charge >= 0.3 is 0 Å². The first-order chi connectivity index (χ1) is 10.1. The van der Waals surface area contributed by atoms with Crippen LogP contribution in [0.15, 0.2) is 54.6 Å². The summed E-state index contributed by atoms with van der Waals surface area (Å²) in [7, 11) is 0. The fraction of sp³-hybridized carbons (Fsp3) is 0.125. The highest BCUT2D eigenvalue weighted by Crippen LogP contribution is 2.23. The van der Waals surface area contributed by atoms with Gasteiger partial charge in [0.25, 0.3) is 0 Å². The summed E-state index contributed by atoms with van der Waals surface area (Å²) < 4.78 is 0. The highest BCUT2D eigenvalue weighted by Gasteiger charge is 2.17. The summed E-state index contributed by atoms with van der Waals surface area (Å²) in [5, 5.41) is 4.62. The van der Waals surface area contributed by atoms with E-state index in [0.29, 0.717) is 11.4 Å². The Morgan fingerprint density at radius 3 is 2.19 bits per heavy atom. The maximum absolute atomic E-state index is 12.1. The zero-order chi connectivity index (χ0) is 15.2. The molecule has 0 radical (unpaired) electrons. The topological polar surface area (TPSA) is 58.2 Å². The number of amides is 2. The molecule has 0 aromatic heterocycles. The van der Waals surface area contributed by atoms with E-state index in [1.54, 1.807) is 36.4 Å². The van der Waals surface area contributed by atoms with Crippen LogP contribution < -0.4 is 10.6 Å². The van der Waals surface area contributed by atoms with Crippen molar-refractivity contribution >= 4 is 34.8 Å². The van der Waals surface area contributed by atoms with Gasteiger partial charge in [-0.3, -0.25) is 9.59 Å². The molecule has 0 aliphatic rings. The number of carbonyl (C=O) groups excluding carboxylic acids is 2. The van der Waals surface area contributed by atoms with Crippen molar-refractivity contribution in [3.63, 3.8) is 0 Å². The first kappa shape index (κ1) is 15.1. The number of hydrogen-bond acceptors (Lipinski definition) is 2. The molecule has 0 fully saturated rings. The van der Waals surface area contributed by atoms with Crippen LogP contribution in [0.1, 0.15) is 17.9 Å². The van der Waals surface area contributed by atoms with Crippen molar-refractivity contribution in [3.8, 4) is 0 Å². The molecule has 2 amide bonds. The smallest absolute Gasteiger partial charge is 0.246 e. The van der Waals surface area contributed by atoms with Crippen LogP contribution in [0.25, 0.3) is 0 Å². The number of nitrogens with one attached hydrogen (secondary N) is 2. The molecule has 2 N–H and O–H groups in total. The number of anilines is 2. The predicted octanol–water partition coefficient (Wildman–Crippen LogP) is 3.56. The number of alkyl halides is 1. The van der Waals surface area contributed by atoms with Crippen LogP contribution in [0, 0.1) is 0 Å². The van der Waals surface area contributed by atoms with E-state index in [1.807, 2.05) is 18.2 Å². The maximum atomic E-state index is 12.1. The summed E-state index contributed by atoms with van der Waals surface area (Å²) in [6.45, 7) is 1.43. The van der Waals surface area contributed by atoms with Crippen LogP contribution in [0.4, 0.5) is 11.4 Å². The molecule has 0 heterocycles. The number of rotatable bonds is 4. The van der Waals surface area contributed by atoms with Crippen molar-refractivity contribution in [2.45, 2.75) is 12.3 Å². The molecule has 1 unspecified atom stereocenters. The quantitative estimate of drug-likeness (QED) is 0.848. The van der Waals surface area contributed by atoms with Gasteiger partial charge < -0.3 is 10.6 Å². The minimum absolute atomic E-state index is 0.169. The fourth-order valence-corrected chi connectivity index (χ4v) is 2.06. The van der Waals surface area contributed by atoms with Crippen molar-refractivity contribution in [2.24, 2.45) is 0 Å². The van der Waals surface area contributed by atoms with Crippen LogP contribution in [-0.2, 0) is 9.59 Å². The highest BCUT2D eigenvalue weighted by atomic mass is 35.5. The summed E-state index contributed by atoms with van der Waals surface area (Å²) >= 11 is 6.15. The lowest BCUT2D eigenvalue weighted by atomic mass is 10.1. The highest BCUT2D eigenvalue weighted by molar-refractivity contribution is 6.32. The maximum Gasteiger partial charge on any atom is 0.246 e. The average molecular weight is 303 g/mol. The average Bonchev–Trinajstić information content (AvgIpc) is 2.47. The number of benzene rings is 2. The van der Waals surface area contributed by atoms with E-state index in [-0.39, 0.29) is 11.8 Å². The Morgan fingerprint density at radius 2 is 1.57 bits per heavy atom. The molecule has 5 heteroatoms. The second kappa shape index (κ2) is 6.90. The molecule has 1 atom stereocenters. The number of halogens is 1. The number of carbonyl (C=O) groups is 2. The van der Waals surface area contributed by atoms with Crippen LogP contribution in [0.3, 0.4) is 0 Å². The van der Waals surface area contributed by atoms with E-state index in [9.17, 15) is 9.59 Å². The minimum atomic E-state index is -0.768. The third-order valence-corrected chi connectivity index (χ3v) is 3.22. The predicted molar refractivity (Wildman–Crippen MR) is 84.4 cm³/mol. The SMILES string of the molecule is CC(=O)Nc1cccc(NC(=O)C(Cl)c2ccccc2)c1. The van der Waals surface area contributed by atoms with E-state index in [0.717, 1.165) is 5.56 Å². The van der Waals surface area contributed by atoms with E-state index in [4.69, 9.17) is 11.6 Å². The molecule has 2 rings (SSSR count). The van der Waals surface area contributed by atoms with Gasteiger partial charge in [-0.25, -0.2) is 0 Å². The second-order valence-corrected chi connectivity index (χ2v) is 4.96. The third-order valence-electron chi connectivity index (χ3n) is 2.77. The molecule has 2 aromatic carbocycles. The lowest BCUT2D eigenvalue weighted by Crippen LogP contribution is -2.17. The van der Waals surface area contributed by atoms with Crippen LogP contribution in [0.5, 0.6) is 0 Å². The molecule has 21 heavy (non-hydrogen) atoms. The van der Waals surface area contributed by atoms with Crippen molar-refractivity contribution in [1.29, 1.82) is 0 Å². The first-order valence-electron chi connectivity index (χ1n) is 6.44. The Kier molecular flexibility index (Phi) is 4.95. The van der Waals surface area contributed by atoms with Gasteiger partial charge in [0.1, 0.15) is 5.38 Å². The van der Waals surface area contributed by atoms with Gasteiger partial charge in [0.05, 0.1) is 0 Å². The zero-order valence-corrected chi connectivity index (χ0v) is 12.2. The fourth-order valence-electron chi connectivity index (χ4n) is 1.86. The van der Waals surface area contributed by atoms with Crippen LogP contribution in [0.2, 0.25) is 0 Å². The van der Waals surface area contributed by atoms with Gasteiger partial charge in [0, 0.05) is 18.3 Å². The van der Waals surface area contributed by atoms with E-state index in [2.05, 4.69) is 10.6 Å². The lowest BCUT2D eigenvalue weighted by molar-refractivity contribution is -0.116. The molecule has 108 valence electrons. The van der Waals surface area contributed by atoms with Crippen LogP contribution in [-0.4, -0.2) is 11.8 Å². The van der Waals surface area contributed by atoms with Crippen molar-refractivity contribution < 1.29 is 9.59 Å². The Balaban J connectivity index is 2.07. The van der Waals surface area contributed by atoms with Crippen molar-refractivity contribution in [3.05, 3.63) is 60.2 Å². The Morgan fingerprint density at radius 1 is 0.952 bits per heavy atom. The Bertz CT molecular complexity index is 644. The van der Waals surface area contributed by atoms with E-state index in [1.165, 1.54) is 6.92 Å². The Labute approximate surface area is 128 Å². The molecule has 0 saturated carbocycles. The van der Waals surface area contributed by atoms with Gasteiger partial charge in [0.2, 0.25) is 11.8 Å². The summed E-state index contributed by atoms with van der Waals surface area (Å²) in [4.78, 5) is 23.1.